The lowest BCUT2D eigenvalue weighted by Crippen LogP contribution is -2.06. The molecule has 0 aliphatic rings. The van der Waals surface area contributed by atoms with E-state index in [-0.39, 0.29) is 23.4 Å². The molecular formula is C25H40O2. The molecule has 0 heterocycles. The van der Waals surface area contributed by atoms with Gasteiger partial charge in [-0.25, -0.2) is 0 Å². The number of carbonyl (C=O) groups is 2. The van der Waals surface area contributed by atoms with Crippen molar-refractivity contribution in [2.45, 2.75) is 62.3 Å². The third-order valence-corrected chi connectivity index (χ3v) is 3.06. The van der Waals surface area contributed by atoms with Crippen molar-refractivity contribution in [1.29, 1.82) is 0 Å². The Balaban J connectivity index is -0.000000310. The van der Waals surface area contributed by atoms with E-state index in [0.29, 0.717) is 0 Å². The van der Waals surface area contributed by atoms with Crippen LogP contribution in [0.2, 0.25) is 0 Å². The van der Waals surface area contributed by atoms with Crippen LogP contribution in [0, 0.1) is 11.8 Å². The Bertz CT molecular complexity index is 516. The molecule has 0 radical (unpaired) electrons. The molecule has 0 aromatic heterocycles. The second-order valence-electron chi connectivity index (χ2n) is 5.81. The summed E-state index contributed by atoms with van der Waals surface area (Å²) in [6.07, 6.45) is 0. The average molecular weight is 373 g/mol. The molecule has 0 bridgehead atoms. The van der Waals surface area contributed by atoms with Crippen LogP contribution in [0.3, 0.4) is 0 Å². The van der Waals surface area contributed by atoms with Crippen molar-refractivity contribution in [2.75, 3.05) is 0 Å². The lowest BCUT2D eigenvalue weighted by atomic mass is 10.0. The Morgan fingerprint density at radius 1 is 0.593 bits per heavy atom. The van der Waals surface area contributed by atoms with E-state index in [4.69, 9.17) is 0 Å². The molecule has 2 nitrogen and oxygen atoms in total. The summed E-state index contributed by atoms with van der Waals surface area (Å²) >= 11 is 0. The molecule has 0 spiro atoms. The number of benzene rings is 2. The highest BCUT2D eigenvalue weighted by atomic mass is 16.1. The SMILES string of the molecule is CC.CC.CC(=O)C(C)C.CC(C)C(=O)c1ccccc1.c1ccccc1. The monoisotopic (exact) mass is 372 g/mol. The van der Waals surface area contributed by atoms with Gasteiger partial charge in [-0.2, -0.15) is 0 Å². The summed E-state index contributed by atoms with van der Waals surface area (Å²) < 4.78 is 0. The van der Waals surface area contributed by atoms with Crippen molar-refractivity contribution in [3.8, 4) is 0 Å². The fourth-order valence-electron chi connectivity index (χ4n) is 1.32. The summed E-state index contributed by atoms with van der Waals surface area (Å²) in [5.41, 5.74) is 0.808. The number of Topliss-reactive ketones (excluding diaryl/α,β-unsaturated/α-hetero) is 2. The number of ketones is 2. The molecular weight excluding hydrogens is 332 g/mol. The van der Waals surface area contributed by atoms with Crippen molar-refractivity contribution in [2.24, 2.45) is 11.8 Å². The number of hydrogen-bond donors (Lipinski definition) is 0. The Labute approximate surface area is 168 Å². The number of carbonyl (C=O) groups excluding carboxylic acids is 2. The molecule has 0 N–H and O–H groups in total. The topological polar surface area (TPSA) is 34.1 Å². The Morgan fingerprint density at radius 2 is 0.852 bits per heavy atom. The van der Waals surface area contributed by atoms with Crippen LogP contribution < -0.4 is 0 Å². The minimum Gasteiger partial charge on any atom is -0.300 e. The molecule has 0 saturated carbocycles. The van der Waals surface area contributed by atoms with Gasteiger partial charge in [0.25, 0.3) is 0 Å². The number of hydrogen-bond acceptors (Lipinski definition) is 2. The zero-order valence-corrected chi connectivity index (χ0v) is 18.8. The first-order valence-corrected chi connectivity index (χ1v) is 9.96. The van der Waals surface area contributed by atoms with E-state index < -0.39 is 0 Å². The second-order valence-corrected chi connectivity index (χ2v) is 5.81. The Morgan fingerprint density at radius 3 is 1.07 bits per heavy atom. The molecule has 0 amide bonds. The van der Waals surface area contributed by atoms with Crippen LogP contribution >= 0.6 is 0 Å². The second kappa shape index (κ2) is 21.8. The maximum atomic E-state index is 11.3. The van der Waals surface area contributed by atoms with Crippen LogP contribution in [0.15, 0.2) is 66.7 Å². The Hall–Kier alpha value is -2.22. The van der Waals surface area contributed by atoms with Crippen molar-refractivity contribution >= 4 is 11.6 Å². The maximum absolute atomic E-state index is 11.3. The van der Waals surface area contributed by atoms with Crippen LogP contribution in [0.5, 0.6) is 0 Å². The van der Waals surface area contributed by atoms with Gasteiger partial charge in [-0.05, 0) is 6.92 Å². The van der Waals surface area contributed by atoms with Crippen LogP contribution in [-0.2, 0) is 4.79 Å². The van der Waals surface area contributed by atoms with E-state index >= 15 is 0 Å². The minimum atomic E-state index is 0.0948. The lowest BCUT2D eigenvalue weighted by Gasteiger charge is -2.01. The molecule has 0 atom stereocenters. The summed E-state index contributed by atoms with van der Waals surface area (Å²) in [6, 6.07) is 21.4. The fraction of sp³-hybridized carbons (Fsp3) is 0.440. The van der Waals surface area contributed by atoms with Crippen LogP contribution in [0.25, 0.3) is 0 Å². The smallest absolute Gasteiger partial charge is 0.165 e. The van der Waals surface area contributed by atoms with Gasteiger partial charge in [0.2, 0.25) is 0 Å². The lowest BCUT2D eigenvalue weighted by molar-refractivity contribution is -0.119. The van der Waals surface area contributed by atoms with Gasteiger partial charge in [0, 0.05) is 17.4 Å². The molecule has 0 aliphatic carbocycles. The molecule has 2 heteroatoms. The summed E-state index contributed by atoms with van der Waals surface area (Å²) in [5, 5.41) is 0. The predicted octanol–water partition coefficient (Wildman–Crippen LogP) is 7.50. The maximum Gasteiger partial charge on any atom is 0.165 e. The largest absolute Gasteiger partial charge is 0.300 e. The highest BCUT2D eigenvalue weighted by Crippen LogP contribution is 2.06. The summed E-state index contributed by atoms with van der Waals surface area (Å²) in [7, 11) is 0. The molecule has 0 unspecified atom stereocenters. The van der Waals surface area contributed by atoms with Gasteiger partial charge in [-0.3, -0.25) is 9.59 Å². The highest BCUT2D eigenvalue weighted by Gasteiger charge is 2.08. The van der Waals surface area contributed by atoms with Crippen molar-refractivity contribution in [3.63, 3.8) is 0 Å². The fourth-order valence-corrected chi connectivity index (χ4v) is 1.32. The van der Waals surface area contributed by atoms with Crippen molar-refractivity contribution in [1.82, 2.24) is 0 Å². The highest BCUT2D eigenvalue weighted by molar-refractivity contribution is 5.97. The molecule has 27 heavy (non-hydrogen) atoms. The summed E-state index contributed by atoms with van der Waals surface area (Å²) in [6.45, 7) is 17.2. The third-order valence-electron chi connectivity index (χ3n) is 3.06. The van der Waals surface area contributed by atoms with Gasteiger partial charge in [-0.15, -0.1) is 0 Å². The quantitative estimate of drug-likeness (QED) is 0.523. The van der Waals surface area contributed by atoms with E-state index in [1.165, 1.54) is 0 Å². The van der Waals surface area contributed by atoms with E-state index in [1.54, 1.807) is 6.92 Å². The third kappa shape index (κ3) is 19.9. The van der Waals surface area contributed by atoms with Crippen molar-refractivity contribution in [3.05, 3.63) is 72.3 Å². The van der Waals surface area contributed by atoms with E-state index in [2.05, 4.69) is 0 Å². The van der Waals surface area contributed by atoms with E-state index in [0.717, 1.165) is 5.56 Å². The van der Waals surface area contributed by atoms with E-state index in [1.807, 2.05) is 122 Å². The molecule has 2 aromatic rings. The van der Waals surface area contributed by atoms with E-state index in [9.17, 15) is 9.59 Å². The van der Waals surface area contributed by atoms with Gasteiger partial charge in [0.05, 0.1) is 0 Å². The Kier molecular flexibility index (Phi) is 23.9. The first-order valence-electron chi connectivity index (χ1n) is 9.96. The normalized spacial score (nSPS) is 8.41. The zero-order chi connectivity index (χ0) is 21.7. The minimum absolute atomic E-state index is 0.0948. The molecule has 0 saturated heterocycles. The molecule has 152 valence electrons. The average Bonchev–Trinajstić information content (AvgIpc) is 2.73. The first kappa shape index (κ1) is 29.5. The van der Waals surface area contributed by atoms with Crippen molar-refractivity contribution < 1.29 is 9.59 Å². The molecule has 0 fully saturated rings. The summed E-state index contributed by atoms with van der Waals surface area (Å²) in [5.74, 6) is 0.781. The number of rotatable bonds is 3. The van der Waals surface area contributed by atoms with Gasteiger partial charge < -0.3 is 0 Å². The molecule has 0 aliphatic heterocycles. The zero-order valence-electron chi connectivity index (χ0n) is 18.8. The van der Waals surface area contributed by atoms with Crippen LogP contribution in [0.1, 0.15) is 72.7 Å². The first-order chi connectivity index (χ1) is 12.9. The standard InChI is InChI=1S/C10H12O.C6H6.C5H10O.2C2H6/c1-8(2)10(11)9-6-4-3-5-7-9;1-2-4-6-5-3-1;1-4(2)5(3)6;2*1-2/h3-8H,1-2H3;1-6H;4H,1-3H3;2*1-2H3. The molecule has 2 aromatic carbocycles. The molecule has 2 rings (SSSR count). The van der Waals surface area contributed by atoms with Gasteiger partial charge in [0.1, 0.15) is 5.78 Å². The van der Waals surface area contributed by atoms with Crippen LogP contribution in [-0.4, -0.2) is 11.6 Å². The van der Waals surface area contributed by atoms with Gasteiger partial charge >= 0.3 is 0 Å². The summed E-state index contributed by atoms with van der Waals surface area (Å²) in [4.78, 5) is 21.5. The predicted molar refractivity (Wildman–Crippen MR) is 120 cm³/mol. The van der Waals surface area contributed by atoms with Gasteiger partial charge in [-0.1, -0.05) is 122 Å². The van der Waals surface area contributed by atoms with Gasteiger partial charge in [0.15, 0.2) is 5.78 Å². The van der Waals surface area contributed by atoms with Crippen LogP contribution in [0.4, 0.5) is 0 Å².